The van der Waals surface area contributed by atoms with Gasteiger partial charge in [0, 0.05) is 13.0 Å². The summed E-state index contributed by atoms with van der Waals surface area (Å²) in [5.74, 6) is -0.497. The monoisotopic (exact) mass is 282 g/mol. The molecule has 2 saturated heterocycles. The van der Waals surface area contributed by atoms with E-state index < -0.39 is 5.79 Å². The average molecular weight is 282 g/mol. The van der Waals surface area contributed by atoms with Gasteiger partial charge in [-0.25, -0.2) is 4.98 Å². The van der Waals surface area contributed by atoms with Crippen LogP contribution in [0.25, 0.3) is 0 Å². The largest absolute Gasteiger partial charge is 0.346 e. The third-order valence-corrected chi connectivity index (χ3v) is 4.68. The number of rotatable bonds is 1. The third kappa shape index (κ3) is 2.40. The van der Waals surface area contributed by atoms with Crippen LogP contribution in [-0.2, 0) is 9.47 Å². The number of amides is 1. The Hall–Kier alpha value is -0.980. The van der Waals surface area contributed by atoms with Gasteiger partial charge in [-0.05, 0) is 20.3 Å². The quantitative estimate of drug-likeness (QED) is 0.787. The highest BCUT2D eigenvalue weighted by Crippen LogP contribution is 2.31. The number of piperidine rings is 1. The smallest absolute Gasteiger partial charge is 0.266 e. The molecular formula is C13H18N2O3S. The summed E-state index contributed by atoms with van der Waals surface area (Å²) in [6.45, 7) is 6.36. The molecule has 0 aliphatic carbocycles. The summed E-state index contributed by atoms with van der Waals surface area (Å²) in [6, 6.07) is 0. The molecule has 5 nitrogen and oxygen atoms in total. The Kier molecular flexibility index (Phi) is 3.32. The van der Waals surface area contributed by atoms with E-state index in [1.54, 1.807) is 0 Å². The molecule has 19 heavy (non-hydrogen) atoms. The van der Waals surface area contributed by atoms with Crippen molar-refractivity contribution in [1.82, 2.24) is 9.88 Å². The van der Waals surface area contributed by atoms with Crippen LogP contribution >= 0.6 is 11.3 Å². The van der Waals surface area contributed by atoms with Crippen LogP contribution in [0.3, 0.4) is 0 Å². The lowest BCUT2D eigenvalue weighted by molar-refractivity contribution is -0.183. The summed E-state index contributed by atoms with van der Waals surface area (Å²) in [5, 5.41) is 0.931. The van der Waals surface area contributed by atoms with Crippen LogP contribution in [0, 0.1) is 13.8 Å². The SMILES string of the molecule is Cc1nc(C)c(C(=O)N2CCCC3(C2)OCCO3)s1. The molecule has 2 aliphatic rings. The van der Waals surface area contributed by atoms with Crippen LogP contribution in [0.2, 0.25) is 0 Å². The lowest BCUT2D eigenvalue weighted by atomic mass is 10.0. The number of likely N-dealkylation sites (tertiary alicyclic amines) is 1. The standard InChI is InChI=1S/C13H18N2O3S/c1-9-11(19-10(2)14-9)12(16)15-5-3-4-13(8-15)17-6-7-18-13/h3-8H2,1-2H3. The molecule has 0 saturated carbocycles. The zero-order valence-electron chi connectivity index (χ0n) is 11.3. The number of aryl methyl sites for hydroxylation is 2. The van der Waals surface area contributed by atoms with Crippen LogP contribution in [0.1, 0.15) is 33.2 Å². The van der Waals surface area contributed by atoms with Crippen molar-refractivity contribution in [1.29, 1.82) is 0 Å². The van der Waals surface area contributed by atoms with Gasteiger partial charge < -0.3 is 14.4 Å². The first-order valence-electron chi connectivity index (χ1n) is 6.61. The van der Waals surface area contributed by atoms with Crippen LogP contribution in [0.15, 0.2) is 0 Å². The number of carbonyl (C=O) groups is 1. The summed E-state index contributed by atoms with van der Waals surface area (Å²) in [6.07, 6.45) is 1.79. The van der Waals surface area contributed by atoms with E-state index in [4.69, 9.17) is 9.47 Å². The molecule has 1 amide bonds. The Bertz CT molecular complexity index is 494. The molecule has 3 heterocycles. The number of ether oxygens (including phenoxy) is 2. The Morgan fingerprint density at radius 1 is 1.37 bits per heavy atom. The molecule has 6 heteroatoms. The molecule has 1 aromatic heterocycles. The summed E-state index contributed by atoms with van der Waals surface area (Å²) in [4.78, 5) is 19.5. The second kappa shape index (κ2) is 4.85. The van der Waals surface area contributed by atoms with E-state index >= 15 is 0 Å². The molecule has 0 bridgehead atoms. The number of thiazole rings is 1. The zero-order valence-corrected chi connectivity index (χ0v) is 12.1. The fourth-order valence-electron chi connectivity index (χ4n) is 2.77. The topological polar surface area (TPSA) is 51.7 Å². The Balaban J connectivity index is 1.78. The normalized spacial score (nSPS) is 22.1. The fourth-order valence-corrected chi connectivity index (χ4v) is 3.66. The van der Waals surface area contributed by atoms with Gasteiger partial charge in [0.25, 0.3) is 5.91 Å². The predicted molar refractivity (Wildman–Crippen MR) is 71.4 cm³/mol. The van der Waals surface area contributed by atoms with Crippen molar-refractivity contribution in [2.24, 2.45) is 0 Å². The van der Waals surface area contributed by atoms with E-state index in [9.17, 15) is 4.79 Å². The molecular weight excluding hydrogens is 264 g/mol. The van der Waals surface area contributed by atoms with Crippen LogP contribution in [0.5, 0.6) is 0 Å². The summed E-state index contributed by atoms with van der Waals surface area (Å²) >= 11 is 1.46. The lowest BCUT2D eigenvalue weighted by Gasteiger charge is -2.38. The summed E-state index contributed by atoms with van der Waals surface area (Å²) in [7, 11) is 0. The molecule has 0 N–H and O–H groups in total. The second-order valence-corrected chi connectivity index (χ2v) is 6.29. The Labute approximate surface area is 116 Å². The molecule has 0 atom stereocenters. The maximum absolute atomic E-state index is 12.6. The molecule has 0 radical (unpaired) electrons. The molecule has 104 valence electrons. The highest BCUT2D eigenvalue weighted by Gasteiger charge is 2.42. The van der Waals surface area contributed by atoms with E-state index in [1.807, 2.05) is 18.7 Å². The summed E-state index contributed by atoms with van der Waals surface area (Å²) in [5.41, 5.74) is 0.820. The highest BCUT2D eigenvalue weighted by atomic mass is 32.1. The van der Waals surface area contributed by atoms with Gasteiger partial charge in [-0.15, -0.1) is 11.3 Å². The maximum atomic E-state index is 12.6. The minimum absolute atomic E-state index is 0.0567. The molecule has 0 aromatic carbocycles. The van der Waals surface area contributed by atoms with E-state index in [-0.39, 0.29) is 5.91 Å². The van der Waals surface area contributed by atoms with Gasteiger partial charge in [0.2, 0.25) is 0 Å². The Morgan fingerprint density at radius 3 is 2.74 bits per heavy atom. The van der Waals surface area contributed by atoms with Crippen LogP contribution in [-0.4, -0.2) is 47.9 Å². The van der Waals surface area contributed by atoms with Gasteiger partial charge in [0.15, 0.2) is 5.79 Å². The summed E-state index contributed by atoms with van der Waals surface area (Å²) < 4.78 is 11.4. The van der Waals surface area contributed by atoms with Gasteiger partial charge in [0.1, 0.15) is 4.88 Å². The van der Waals surface area contributed by atoms with E-state index in [2.05, 4.69) is 4.98 Å². The number of hydrogen-bond acceptors (Lipinski definition) is 5. The number of nitrogens with zero attached hydrogens (tertiary/aromatic N) is 2. The number of hydrogen-bond donors (Lipinski definition) is 0. The lowest BCUT2D eigenvalue weighted by Crippen LogP contribution is -2.51. The molecule has 2 fully saturated rings. The molecule has 0 unspecified atom stereocenters. The Morgan fingerprint density at radius 2 is 2.11 bits per heavy atom. The maximum Gasteiger partial charge on any atom is 0.266 e. The van der Waals surface area contributed by atoms with E-state index in [0.717, 1.165) is 35.0 Å². The third-order valence-electron chi connectivity index (χ3n) is 3.62. The van der Waals surface area contributed by atoms with Crippen molar-refractivity contribution in [3.05, 3.63) is 15.6 Å². The first-order valence-corrected chi connectivity index (χ1v) is 7.42. The first-order chi connectivity index (χ1) is 9.10. The van der Waals surface area contributed by atoms with Crippen molar-refractivity contribution in [2.45, 2.75) is 32.5 Å². The van der Waals surface area contributed by atoms with Gasteiger partial charge in [-0.3, -0.25) is 4.79 Å². The van der Waals surface area contributed by atoms with Crippen molar-refractivity contribution >= 4 is 17.2 Å². The zero-order chi connectivity index (χ0) is 13.5. The minimum Gasteiger partial charge on any atom is -0.346 e. The van der Waals surface area contributed by atoms with Crippen LogP contribution in [0.4, 0.5) is 0 Å². The van der Waals surface area contributed by atoms with Crippen molar-refractivity contribution in [3.63, 3.8) is 0 Å². The highest BCUT2D eigenvalue weighted by molar-refractivity contribution is 7.13. The predicted octanol–water partition coefficient (Wildman–Crippen LogP) is 1.74. The molecule has 2 aliphatic heterocycles. The molecule has 1 spiro atoms. The minimum atomic E-state index is -0.554. The van der Waals surface area contributed by atoms with Crippen molar-refractivity contribution < 1.29 is 14.3 Å². The van der Waals surface area contributed by atoms with E-state index in [1.165, 1.54) is 11.3 Å². The fraction of sp³-hybridized carbons (Fsp3) is 0.692. The van der Waals surface area contributed by atoms with Gasteiger partial charge in [-0.2, -0.15) is 0 Å². The van der Waals surface area contributed by atoms with Gasteiger partial charge >= 0.3 is 0 Å². The van der Waals surface area contributed by atoms with Crippen LogP contribution < -0.4 is 0 Å². The van der Waals surface area contributed by atoms with Crippen molar-refractivity contribution in [2.75, 3.05) is 26.3 Å². The first kappa shape index (κ1) is 13.0. The molecule has 3 rings (SSSR count). The number of aromatic nitrogens is 1. The average Bonchev–Trinajstić information content (AvgIpc) is 2.96. The van der Waals surface area contributed by atoms with E-state index in [0.29, 0.717) is 19.8 Å². The molecule has 1 aromatic rings. The van der Waals surface area contributed by atoms with Crippen molar-refractivity contribution in [3.8, 4) is 0 Å². The number of carbonyl (C=O) groups excluding carboxylic acids is 1. The second-order valence-electron chi connectivity index (χ2n) is 5.09. The van der Waals surface area contributed by atoms with Gasteiger partial charge in [-0.1, -0.05) is 0 Å². The van der Waals surface area contributed by atoms with Gasteiger partial charge in [0.05, 0.1) is 30.5 Å².